The minimum Gasteiger partial charge on any atom is -0.299 e. The van der Waals surface area contributed by atoms with E-state index in [1.165, 1.54) is 0 Å². The summed E-state index contributed by atoms with van der Waals surface area (Å²) in [6.07, 6.45) is -0.266. The van der Waals surface area contributed by atoms with Crippen LogP contribution in [0.5, 0.6) is 0 Å². The van der Waals surface area contributed by atoms with Crippen LogP contribution in [0.4, 0.5) is 0 Å². The van der Waals surface area contributed by atoms with Crippen molar-refractivity contribution in [1.82, 2.24) is 0 Å². The molecular formula is C38H40Cl2O4S2. The number of benzene rings is 4. The highest BCUT2D eigenvalue weighted by atomic mass is 35.5. The lowest BCUT2D eigenvalue weighted by Gasteiger charge is -2.41. The largest absolute Gasteiger partial charge is 0.299 e. The molecule has 0 amide bonds. The lowest BCUT2D eigenvalue weighted by molar-refractivity contribution is -0.130. The fraction of sp³-hybridized carbons (Fsp3) is 0.316. The van der Waals surface area contributed by atoms with E-state index >= 15 is 0 Å². The van der Waals surface area contributed by atoms with Crippen LogP contribution >= 0.6 is 35.0 Å². The predicted molar refractivity (Wildman–Crippen MR) is 190 cm³/mol. The normalized spacial score (nSPS) is 14.3. The lowest BCUT2D eigenvalue weighted by atomic mass is 9.72. The van der Waals surface area contributed by atoms with Crippen LogP contribution in [-0.4, -0.2) is 20.0 Å². The smallest absolute Gasteiger partial charge is 0.188 e. The third-order valence-corrected chi connectivity index (χ3v) is 12.6. The molecule has 0 bridgehead atoms. The van der Waals surface area contributed by atoms with Crippen molar-refractivity contribution in [3.05, 3.63) is 130 Å². The van der Waals surface area contributed by atoms with Crippen LogP contribution < -0.4 is 0 Å². The van der Waals surface area contributed by atoms with E-state index in [1.54, 1.807) is 113 Å². The molecule has 0 radical (unpaired) electrons. The minimum atomic E-state index is -4.22. The summed E-state index contributed by atoms with van der Waals surface area (Å²) in [5.41, 5.74) is -0.607. The second-order valence-electron chi connectivity index (χ2n) is 13.3. The number of rotatable bonds is 13. The van der Waals surface area contributed by atoms with Crippen LogP contribution in [0.2, 0.25) is 10.0 Å². The molecule has 8 heteroatoms. The lowest BCUT2D eigenvalue weighted by Crippen LogP contribution is -2.45. The van der Waals surface area contributed by atoms with Gasteiger partial charge < -0.3 is 0 Å². The van der Waals surface area contributed by atoms with Crippen LogP contribution in [0.15, 0.2) is 119 Å². The number of carbonyl (C=O) groups is 2. The van der Waals surface area contributed by atoms with Crippen molar-refractivity contribution in [3.63, 3.8) is 0 Å². The van der Waals surface area contributed by atoms with Crippen molar-refractivity contribution >= 4 is 56.4 Å². The first-order chi connectivity index (χ1) is 21.5. The Morgan fingerprint density at radius 3 is 1.72 bits per heavy atom. The van der Waals surface area contributed by atoms with E-state index < -0.39 is 25.4 Å². The van der Waals surface area contributed by atoms with Gasteiger partial charge in [0.05, 0.1) is 4.90 Å². The van der Waals surface area contributed by atoms with Crippen LogP contribution in [-0.2, 0) is 24.2 Å². The van der Waals surface area contributed by atoms with Gasteiger partial charge in [0.25, 0.3) is 0 Å². The Morgan fingerprint density at radius 2 is 1.20 bits per heavy atom. The van der Waals surface area contributed by atoms with Crippen molar-refractivity contribution < 1.29 is 18.0 Å². The Labute approximate surface area is 287 Å². The maximum Gasteiger partial charge on any atom is 0.188 e. The zero-order chi connectivity index (χ0) is 33.8. The van der Waals surface area contributed by atoms with Gasteiger partial charge in [-0.2, -0.15) is 0 Å². The average molecular weight is 696 g/mol. The Kier molecular flexibility index (Phi) is 11.3. The zero-order valence-electron chi connectivity index (χ0n) is 26.8. The van der Waals surface area contributed by atoms with Gasteiger partial charge in [-0.1, -0.05) is 118 Å². The van der Waals surface area contributed by atoms with E-state index in [4.69, 9.17) is 23.2 Å². The molecule has 0 saturated heterocycles. The Morgan fingerprint density at radius 1 is 0.696 bits per heavy atom. The molecule has 2 atom stereocenters. The highest BCUT2D eigenvalue weighted by molar-refractivity contribution is 7.99. The summed E-state index contributed by atoms with van der Waals surface area (Å²) in [4.78, 5) is 29.4. The van der Waals surface area contributed by atoms with Gasteiger partial charge in [0, 0.05) is 43.9 Å². The number of hydrogen-bond donors (Lipinski definition) is 0. The fourth-order valence-corrected chi connectivity index (χ4v) is 9.25. The van der Waals surface area contributed by atoms with Gasteiger partial charge in [-0.05, 0) is 66.1 Å². The molecule has 4 nitrogen and oxygen atoms in total. The van der Waals surface area contributed by atoms with Gasteiger partial charge in [-0.15, -0.1) is 11.8 Å². The Balaban J connectivity index is 1.83. The maximum atomic E-state index is 14.9. The van der Waals surface area contributed by atoms with Crippen LogP contribution in [0, 0.1) is 10.8 Å². The highest BCUT2D eigenvalue weighted by Gasteiger charge is 2.53. The summed E-state index contributed by atoms with van der Waals surface area (Å²) >= 11 is 14.0. The number of sulfone groups is 1. The van der Waals surface area contributed by atoms with Gasteiger partial charge in [0.1, 0.15) is 16.3 Å². The van der Waals surface area contributed by atoms with E-state index in [0.29, 0.717) is 15.6 Å². The molecule has 4 rings (SSSR count). The van der Waals surface area contributed by atoms with Crippen molar-refractivity contribution in [2.24, 2.45) is 10.8 Å². The van der Waals surface area contributed by atoms with Crippen LogP contribution in [0.1, 0.15) is 70.3 Å². The quantitative estimate of drug-likeness (QED) is 0.130. The first kappa shape index (κ1) is 35.9. The molecule has 4 aromatic carbocycles. The van der Waals surface area contributed by atoms with E-state index in [2.05, 4.69) is 0 Å². The molecule has 0 fully saturated rings. The zero-order valence-corrected chi connectivity index (χ0v) is 29.9. The fourth-order valence-electron chi connectivity index (χ4n) is 5.54. The van der Waals surface area contributed by atoms with Crippen molar-refractivity contribution in [1.29, 1.82) is 0 Å². The molecule has 0 spiro atoms. The van der Waals surface area contributed by atoms with Crippen molar-refractivity contribution in [2.45, 2.75) is 73.7 Å². The molecule has 2 unspecified atom stereocenters. The number of ketones is 2. The Hall–Kier alpha value is -2.90. The molecule has 242 valence electrons. The molecule has 0 N–H and O–H groups in total. The summed E-state index contributed by atoms with van der Waals surface area (Å²) < 4.78 is 28.1. The molecule has 0 aliphatic heterocycles. The number of carbonyl (C=O) groups excluding carboxylic acids is 2. The predicted octanol–water partition coefficient (Wildman–Crippen LogP) is 10.6. The summed E-state index contributed by atoms with van der Waals surface area (Å²) in [6, 6.07) is 32.1. The summed E-state index contributed by atoms with van der Waals surface area (Å²) in [7, 11) is -4.22. The average Bonchev–Trinajstić information content (AvgIpc) is 3.01. The molecule has 0 saturated carbocycles. The number of halogens is 2. The van der Waals surface area contributed by atoms with Gasteiger partial charge >= 0.3 is 0 Å². The van der Waals surface area contributed by atoms with Gasteiger partial charge in [-0.25, -0.2) is 8.42 Å². The third-order valence-electron chi connectivity index (χ3n) is 8.34. The van der Waals surface area contributed by atoms with Gasteiger partial charge in [0.15, 0.2) is 9.84 Å². The number of Topliss-reactive ketones (excluding diaryl/α,β-unsaturated/α-hetero) is 2. The number of thioether (sulfide) groups is 1. The summed E-state index contributed by atoms with van der Waals surface area (Å²) in [5.74, 6) is -0.329. The Bertz CT molecular complexity index is 1750. The molecular weight excluding hydrogens is 655 g/mol. The van der Waals surface area contributed by atoms with E-state index in [1.807, 2.05) is 42.5 Å². The topological polar surface area (TPSA) is 68.3 Å². The highest BCUT2D eigenvalue weighted by Crippen LogP contribution is 2.50. The van der Waals surface area contributed by atoms with Crippen molar-refractivity contribution in [2.75, 3.05) is 0 Å². The molecule has 0 heterocycles. The molecule has 0 aliphatic carbocycles. The van der Waals surface area contributed by atoms with Gasteiger partial charge in [-0.3, -0.25) is 9.59 Å². The second kappa shape index (κ2) is 14.5. The monoisotopic (exact) mass is 694 g/mol. The summed E-state index contributed by atoms with van der Waals surface area (Å²) in [5, 5.41) is 0.788. The molecule has 4 aromatic rings. The first-order valence-electron chi connectivity index (χ1n) is 15.1. The van der Waals surface area contributed by atoms with Crippen molar-refractivity contribution in [3.8, 4) is 0 Å². The van der Waals surface area contributed by atoms with Gasteiger partial charge in [0.2, 0.25) is 0 Å². The summed E-state index contributed by atoms with van der Waals surface area (Å²) in [6.45, 7) is 8.92. The minimum absolute atomic E-state index is 0.0913. The van der Waals surface area contributed by atoms with E-state index in [0.717, 1.165) is 10.5 Å². The molecule has 46 heavy (non-hydrogen) atoms. The van der Waals surface area contributed by atoms with Crippen LogP contribution in [0.3, 0.4) is 0 Å². The molecule has 0 aliphatic rings. The van der Waals surface area contributed by atoms with Crippen LogP contribution in [0.25, 0.3) is 0 Å². The molecule has 0 aromatic heterocycles. The third kappa shape index (κ3) is 8.32. The standard InChI is InChI=1S/C38H40Cl2O4S2/c1-36(2,3)35(42)25-38(28-18-22-30(40)23-19-28,46(43,44)32-14-10-7-11-15-32)26-37(4,5)34(41)24-33(27-16-20-29(39)21-17-27)45-31-12-8-6-9-13-31/h6-23,33H,24-26H2,1-5H3. The van der Waals surface area contributed by atoms with E-state index in [-0.39, 0.29) is 41.0 Å². The maximum absolute atomic E-state index is 14.9. The van der Waals surface area contributed by atoms with E-state index in [9.17, 15) is 18.0 Å². The first-order valence-corrected chi connectivity index (χ1v) is 18.3. The SMILES string of the molecule is CC(C)(C)C(=O)CC(CC(C)(C)C(=O)CC(Sc1ccccc1)c1ccc(Cl)cc1)(c1ccc(Cl)cc1)S(=O)(=O)c1ccccc1. The second-order valence-corrected chi connectivity index (χ2v) is 17.7. The number of hydrogen-bond acceptors (Lipinski definition) is 5.